The molecule has 6 heteroatoms. The fraction of sp³-hybridized carbons (Fsp3) is 0.600. The lowest BCUT2D eigenvalue weighted by molar-refractivity contribution is -0.132. The molecule has 3 rings (SSSR count). The van der Waals surface area contributed by atoms with Crippen LogP contribution in [-0.4, -0.2) is 67.4 Å². The van der Waals surface area contributed by atoms with E-state index in [4.69, 9.17) is 0 Å². The molecule has 142 valence electrons. The summed E-state index contributed by atoms with van der Waals surface area (Å²) in [5, 5.41) is 6.22. The lowest BCUT2D eigenvalue weighted by Gasteiger charge is -2.36. The molecular formula is C20H30N4O2. The smallest absolute Gasteiger partial charge is 0.241 e. The van der Waals surface area contributed by atoms with Gasteiger partial charge in [0.15, 0.2) is 0 Å². The summed E-state index contributed by atoms with van der Waals surface area (Å²) in [6.45, 7) is 6.78. The summed E-state index contributed by atoms with van der Waals surface area (Å²) in [5.74, 6) is -0.0440. The molecule has 0 saturated carbocycles. The first-order chi connectivity index (χ1) is 12.7. The fourth-order valence-electron chi connectivity index (χ4n) is 3.73. The molecule has 0 bridgehead atoms. The molecule has 0 radical (unpaired) electrons. The third kappa shape index (κ3) is 4.83. The third-order valence-corrected chi connectivity index (χ3v) is 5.37. The van der Waals surface area contributed by atoms with Crippen molar-refractivity contribution in [3.05, 3.63) is 35.4 Å². The average molecular weight is 358 g/mol. The van der Waals surface area contributed by atoms with Gasteiger partial charge in [-0.2, -0.15) is 0 Å². The summed E-state index contributed by atoms with van der Waals surface area (Å²) in [5.41, 5.74) is 2.55. The van der Waals surface area contributed by atoms with Crippen LogP contribution < -0.4 is 10.6 Å². The summed E-state index contributed by atoms with van der Waals surface area (Å²) in [6.07, 6.45) is 3.16. The minimum Gasteiger partial charge on any atom is -0.346 e. The van der Waals surface area contributed by atoms with Crippen LogP contribution in [0.2, 0.25) is 0 Å². The van der Waals surface area contributed by atoms with Crippen molar-refractivity contribution in [2.24, 2.45) is 0 Å². The SMILES string of the molecule is CCc1ccc(C2CNCCN2CC(=O)NCC(=O)N2CCCC2)cc1. The van der Waals surface area contributed by atoms with Crippen molar-refractivity contribution < 1.29 is 9.59 Å². The lowest BCUT2D eigenvalue weighted by Crippen LogP contribution is -2.50. The van der Waals surface area contributed by atoms with Gasteiger partial charge in [0.05, 0.1) is 13.1 Å². The second-order valence-electron chi connectivity index (χ2n) is 7.15. The highest BCUT2D eigenvalue weighted by atomic mass is 16.2. The summed E-state index contributed by atoms with van der Waals surface area (Å²) in [4.78, 5) is 28.5. The summed E-state index contributed by atoms with van der Waals surface area (Å²) in [7, 11) is 0. The van der Waals surface area contributed by atoms with Gasteiger partial charge in [-0.3, -0.25) is 14.5 Å². The highest BCUT2D eigenvalue weighted by Gasteiger charge is 2.26. The first-order valence-corrected chi connectivity index (χ1v) is 9.75. The van der Waals surface area contributed by atoms with Gasteiger partial charge >= 0.3 is 0 Å². The van der Waals surface area contributed by atoms with E-state index in [1.165, 1.54) is 11.1 Å². The number of nitrogens with zero attached hydrogens (tertiary/aromatic N) is 2. The van der Waals surface area contributed by atoms with E-state index in [0.717, 1.165) is 52.0 Å². The summed E-state index contributed by atoms with van der Waals surface area (Å²) < 4.78 is 0. The fourth-order valence-corrected chi connectivity index (χ4v) is 3.73. The molecule has 26 heavy (non-hydrogen) atoms. The van der Waals surface area contributed by atoms with Gasteiger partial charge in [-0.25, -0.2) is 0 Å². The maximum absolute atomic E-state index is 12.4. The van der Waals surface area contributed by atoms with E-state index >= 15 is 0 Å². The van der Waals surface area contributed by atoms with Crippen LogP contribution in [0.3, 0.4) is 0 Å². The number of amides is 2. The van der Waals surface area contributed by atoms with Crippen molar-refractivity contribution >= 4 is 11.8 Å². The van der Waals surface area contributed by atoms with E-state index < -0.39 is 0 Å². The van der Waals surface area contributed by atoms with E-state index in [2.05, 4.69) is 46.7 Å². The standard InChI is InChI=1S/C20H30N4O2/c1-2-16-5-7-17(8-6-16)18-13-21-9-12-24(18)15-19(25)22-14-20(26)23-10-3-4-11-23/h5-8,18,21H,2-4,9-15H2,1H3,(H,22,25). The molecule has 2 amide bonds. The van der Waals surface area contributed by atoms with Crippen molar-refractivity contribution in [1.29, 1.82) is 0 Å². The maximum Gasteiger partial charge on any atom is 0.241 e. The van der Waals surface area contributed by atoms with Crippen LogP contribution in [0.15, 0.2) is 24.3 Å². The van der Waals surface area contributed by atoms with Gasteiger partial charge < -0.3 is 15.5 Å². The zero-order chi connectivity index (χ0) is 18.4. The molecule has 2 aliphatic rings. The Morgan fingerprint density at radius 3 is 2.58 bits per heavy atom. The van der Waals surface area contributed by atoms with E-state index in [-0.39, 0.29) is 24.4 Å². The molecule has 1 aromatic rings. The molecular weight excluding hydrogens is 328 g/mol. The quantitative estimate of drug-likeness (QED) is 0.794. The predicted octanol–water partition coefficient (Wildman–Crippen LogP) is 0.934. The number of likely N-dealkylation sites (tertiary alicyclic amines) is 1. The number of carbonyl (C=O) groups excluding carboxylic acids is 2. The van der Waals surface area contributed by atoms with Crippen molar-refractivity contribution in [3.63, 3.8) is 0 Å². The highest BCUT2D eigenvalue weighted by Crippen LogP contribution is 2.22. The molecule has 1 unspecified atom stereocenters. The topological polar surface area (TPSA) is 64.7 Å². The van der Waals surface area contributed by atoms with Gasteiger partial charge in [-0.15, -0.1) is 0 Å². The zero-order valence-electron chi connectivity index (χ0n) is 15.7. The largest absolute Gasteiger partial charge is 0.346 e. The number of rotatable bonds is 6. The van der Waals surface area contributed by atoms with Crippen LogP contribution in [-0.2, 0) is 16.0 Å². The first kappa shape index (κ1) is 18.9. The van der Waals surface area contributed by atoms with Crippen LogP contribution in [0, 0.1) is 0 Å². The van der Waals surface area contributed by atoms with E-state index in [0.29, 0.717) is 6.54 Å². The second-order valence-corrected chi connectivity index (χ2v) is 7.15. The molecule has 6 nitrogen and oxygen atoms in total. The number of hydrogen-bond donors (Lipinski definition) is 2. The van der Waals surface area contributed by atoms with Gasteiger partial charge in [-0.1, -0.05) is 31.2 Å². The molecule has 2 saturated heterocycles. The van der Waals surface area contributed by atoms with Gasteiger partial charge in [0, 0.05) is 38.8 Å². The van der Waals surface area contributed by atoms with Crippen LogP contribution in [0.1, 0.15) is 36.9 Å². The second kappa shape index (κ2) is 9.14. The molecule has 0 aromatic heterocycles. The number of carbonyl (C=O) groups is 2. The van der Waals surface area contributed by atoms with Crippen molar-refractivity contribution in [2.45, 2.75) is 32.2 Å². The normalized spacial score (nSPS) is 21.0. The molecule has 2 heterocycles. The van der Waals surface area contributed by atoms with Gasteiger partial charge in [0.1, 0.15) is 0 Å². The Bertz CT molecular complexity index is 611. The molecule has 2 N–H and O–H groups in total. The van der Waals surface area contributed by atoms with Gasteiger partial charge in [0.25, 0.3) is 0 Å². The Labute approximate surface area is 155 Å². The van der Waals surface area contributed by atoms with E-state index in [9.17, 15) is 9.59 Å². The van der Waals surface area contributed by atoms with E-state index in [1.54, 1.807) is 0 Å². The molecule has 2 aliphatic heterocycles. The minimum atomic E-state index is -0.0744. The van der Waals surface area contributed by atoms with Crippen molar-refractivity contribution in [3.8, 4) is 0 Å². The average Bonchev–Trinajstić information content (AvgIpc) is 3.21. The molecule has 2 fully saturated rings. The third-order valence-electron chi connectivity index (χ3n) is 5.37. The van der Waals surface area contributed by atoms with Crippen LogP contribution in [0.25, 0.3) is 0 Å². The molecule has 0 aliphatic carbocycles. The Balaban J connectivity index is 1.53. The molecule has 1 atom stereocenters. The monoisotopic (exact) mass is 358 g/mol. The summed E-state index contributed by atoms with van der Waals surface area (Å²) >= 11 is 0. The van der Waals surface area contributed by atoms with Crippen LogP contribution >= 0.6 is 0 Å². The highest BCUT2D eigenvalue weighted by molar-refractivity contribution is 5.85. The first-order valence-electron chi connectivity index (χ1n) is 9.75. The van der Waals surface area contributed by atoms with Gasteiger partial charge in [-0.05, 0) is 30.4 Å². The Hall–Kier alpha value is -1.92. The van der Waals surface area contributed by atoms with Crippen molar-refractivity contribution in [1.82, 2.24) is 20.4 Å². The Kier molecular flexibility index (Phi) is 6.63. The number of piperazine rings is 1. The Morgan fingerprint density at radius 2 is 1.88 bits per heavy atom. The zero-order valence-corrected chi connectivity index (χ0v) is 15.7. The summed E-state index contributed by atoms with van der Waals surface area (Å²) in [6, 6.07) is 8.85. The maximum atomic E-state index is 12.4. The number of nitrogens with one attached hydrogen (secondary N) is 2. The number of hydrogen-bond acceptors (Lipinski definition) is 4. The van der Waals surface area contributed by atoms with E-state index in [1.807, 2.05) is 4.90 Å². The van der Waals surface area contributed by atoms with Gasteiger partial charge in [0.2, 0.25) is 11.8 Å². The molecule has 1 aromatic carbocycles. The minimum absolute atomic E-state index is 0.0304. The number of benzene rings is 1. The predicted molar refractivity (Wildman–Crippen MR) is 102 cm³/mol. The van der Waals surface area contributed by atoms with Crippen LogP contribution in [0.5, 0.6) is 0 Å². The van der Waals surface area contributed by atoms with Crippen LogP contribution in [0.4, 0.5) is 0 Å². The van der Waals surface area contributed by atoms with Crippen molar-refractivity contribution in [2.75, 3.05) is 45.8 Å². The molecule has 0 spiro atoms. The lowest BCUT2D eigenvalue weighted by atomic mass is 10.0. The Morgan fingerprint density at radius 1 is 1.15 bits per heavy atom. The number of aryl methyl sites for hydroxylation is 1.